The third kappa shape index (κ3) is 5.03. The van der Waals surface area contributed by atoms with E-state index < -0.39 is 44.8 Å². The Kier molecular flexibility index (Phi) is 5.64. The summed E-state index contributed by atoms with van der Waals surface area (Å²) in [4.78, 5) is 11.9. The molecule has 22 heavy (non-hydrogen) atoms. The number of carbonyl (C=O) groups excluding carboxylic acids is 1. The van der Waals surface area contributed by atoms with Gasteiger partial charge in [-0.2, -0.15) is 0 Å². The zero-order valence-electron chi connectivity index (χ0n) is 12.9. The quantitative estimate of drug-likeness (QED) is 0.861. The molecule has 0 fully saturated rings. The predicted molar refractivity (Wildman–Crippen MR) is 79.5 cm³/mol. The number of halogens is 2. The van der Waals surface area contributed by atoms with Gasteiger partial charge in [0.25, 0.3) is 0 Å². The molecule has 0 unspecified atom stereocenters. The van der Waals surface area contributed by atoms with Crippen LogP contribution in [0.5, 0.6) is 0 Å². The third-order valence-corrected chi connectivity index (χ3v) is 4.34. The van der Waals surface area contributed by atoms with Crippen molar-refractivity contribution in [2.75, 3.05) is 12.8 Å². The van der Waals surface area contributed by atoms with Gasteiger partial charge in [-0.3, -0.25) is 4.79 Å². The molecular weight excluding hydrogens is 314 g/mol. The largest absolute Gasteiger partial charge is 0.348 e. The molecule has 0 radical (unpaired) electrons. The average molecular weight is 334 g/mol. The van der Waals surface area contributed by atoms with Gasteiger partial charge in [-0.15, -0.1) is 0 Å². The number of hydrogen-bond donors (Lipinski definition) is 2. The van der Waals surface area contributed by atoms with Gasteiger partial charge in [-0.25, -0.2) is 21.9 Å². The van der Waals surface area contributed by atoms with E-state index in [4.69, 9.17) is 0 Å². The Hall–Kier alpha value is -1.54. The molecule has 2 N–H and O–H groups in total. The normalized spacial score (nSPS) is 13.7. The van der Waals surface area contributed by atoms with Gasteiger partial charge in [-0.1, -0.05) is 26.8 Å². The van der Waals surface area contributed by atoms with Crippen LogP contribution in [0.2, 0.25) is 0 Å². The number of hydrogen-bond acceptors (Lipinski definition) is 3. The first-order chi connectivity index (χ1) is 9.96. The van der Waals surface area contributed by atoms with E-state index in [1.165, 1.54) is 13.1 Å². The third-order valence-electron chi connectivity index (χ3n) is 3.08. The van der Waals surface area contributed by atoms with Crippen LogP contribution in [-0.2, 0) is 14.8 Å². The second kappa shape index (κ2) is 6.70. The lowest BCUT2D eigenvalue weighted by Crippen LogP contribution is -2.41. The van der Waals surface area contributed by atoms with E-state index in [9.17, 15) is 22.0 Å². The van der Waals surface area contributed by atoms with Crippen LogP contribution in [-0.4, -0.2) is 27.1 Å². The fourth-order valence-electron chi connectivity index (χ4n) is 1.94. The smallest absolute Gasteiger partial charge is 0.237 e. The van der Waals surface area contributed by atoms with Crippen LogP contribution in [0.1, 0.15) is 32.4 Å². The van der Waals surface area contributed by atoms with Crippen molar-refractivity contribution in [3.63, 3.8) is 0 Å². The van der Waals surface area contributed by atoms with Gasteiger partial charge in [0.1, 0.15) is 17.4 Å². The molecule has 1 amide bonds. The molecule has 124 valence electrons. The molecule has 0 saturated carbocycles. The van der Waals surface area contributed by atoms with Crippen molar-refractivity contribution in [3.8, 4) is 0 Å². The van der Waals surface area contributed by atoms with Crippen molar-refractivity contribution in [1.29, 1.82) is 0 Å². The summed E-state index contributed by atoms with van der Waals surface area (Å²) in [6.07, 6.45) is 0. The predicted octanol–water partition coefficient (Wildman–Crippen LogP) is 1.72. The Labute approximate surface area is 129 Å². The summed E-state index contributed by atoms with van der Waals surface area (Å²) < 4.78 is 51.8. The van der Waals surface area contributed by atoms with Crippen molar-refractivity contribution < 1.29 is 22.0 Å². The summed E-state index contributed by atoms with van der Waals surface area (Å²) >= 11 is 0. The molecule has 0 bridgehead atoms. The second-order valence-corrected chi connectivity index (χ2v) is 7.92. The molecule has 1 rings (SSSR count). The maximum Gasteiger partial charge on any atom is 0.237 e. The van der Waals surface area contributed by atoms with Gasteiger partial charge in [0.2, 0.25) is 15.9 Å². The first-order valence-electron chi connectivity index (χ1n) is 6.62. The highest BCUT2D eigenvalue weighted by atomic mass is 32.2. The molecule has 1 atom stereocenters. The van der Waals surface area contributed by atoms with Crippen molar-refractivity contribution in [3.05, 3.63) is 35.4 Å². The lowest BCUT2D eigenvalue weighted by Gasteiger charge is -2.32. The molecule has 0 aromatic heterocycles. The molecule has 0 heterocycles. The SMILES string of the molecule is CNS(=O)(=O)CC(=O)N[C@@H](c1ccc(F)cc1F)C(C)(C)C. The van der Waals surface area contributed by atoms with Gasteiger partial charge in [-0.05, 0) is 18.5 Å². The van der Waals surface area contributed by atoms with Crippen LogP contribution in [0.4, 0.5) is 8.78 Å². The van der Waals surface area contributed by atoms with Crippen molar-refractivity contribution in [1.82, 2.24) is 10.0 Å². The fraction of sp³-hybridized carbons (Fsp3) is 0.500. The van der Waals surface area contributed by atoms with Crippen LogP contribution in [0.25, 0.3) is 0 Å². The minimum atomic E-state index is -3.72. The molecule has 0 aliphatic heterocycles. The van der Waals surface area contributed by atoms with Crippen LogP contribution < -0.4 is 10.0 Å². The highest BCUT2D eigenvalue weighted by molar-refractivity contribution is 7.90. The summed E-state index contributed by atoms with van der Waals surface area (Å²) in [6.45, 7) is 5.27. The monoisotopic (exact) mass is 334 g/mol. The Morgan fingerprint density at radius 2 is 1.86 bits per heavy atom. The summed E-state index contributed by atoms with van der Waals surface area (Å²) in [7, 11) is -2.53. The average Bonchev–Trinajstić information content (AvgIpc) is 2.35. The van der Waals surface area contributed by atoms with Gasteiger partial charge >= 0.3 is 0 Å². The molecule has 1 aromatic rings. The number of rotatable bonds is 5. The van der Waals surface area contributed by atoms with Crippen LogP contribution in [0.3, 0.4) is 0 Å². The minimum Gasteiger partial charge on any atom is -0.348 e. The van der Waals surface area contributed by atoms with Crippen molar-refractivity contribution in [2.45, 2.75) is 26.8 Å². The van der Waals surface area contributed by atoms with E-state index in [1.807, 2.05) is 4.72 Å². The maximum absolute atomic E-state index is 14.0. The van der Waals surface area contributed by atoms with Crippen molar-refractivity contribution >= 4 is 15.9 Å². The van der Waals surface area contributed by atoms with Crippen LogP contribution in [0, 0.1) is 17.0 Å². The lowest BCUT2D eigenvalue weighted by molar-refractivity contribution is -0.120. The number of amides is 1. The molecule has 0 aliphatic rings. The van der Waals surface area contributed by atoms with E-state index in [-0.39, 0.29) is 5.56 Å². The minimum absolute atomic E-state index is 0.101. The highest BCUT2D eigenvalue weighted by Crippen LogP contribution is 2.34. The highest BCUT2D eigenvalue weighted by Gasteiger charge is 2.31. The van der Waals surface area contributed by atoms with E-state index in [2.05, 4.69) is 5.32 Å². The van der Waals surface area contributed by atoms with Gasteiger partial charge < -0.3 is 5.32 Å². The van der Waals surface area contributed by atoms with E-state index >= 15 is 0 Å². The standard InChI is InChI=1S/C14H20F2N2O3S/c1-14(2,3)13(10-6-5-9(15)7-11(10)16)18-12(19)8-22(20,21)17-4/h5-7,13,17H,8H2,1-4H3,(H,18,19)/t13-/m0/s1. The molecular formula is C14H20F2N2O3S. The topological polar surface area (TPSA) is 75.3 Å². The molecule has 0 saturated heterocycles. The number of sulfonamides is 1. The summed E-state index contributed by atoms with van der Waals surface area (Å²) in [6, 6.07) is 2.26. The second-order valence-electron chi connectivity index (χ2n) is 6.00. The van der Waals surface area contributed by atoms with E-state index in [1.54, 1.807) is 20.8 Å². The molecule has 1 aromatic carbocycles. The Morgan fingerprint density at radius 1 is 1.27 bits per heavy atom. The number of carbonyl (C=O) groups is 1. The van der Waals surface area contributed by atoms with Crippen LogP contribution in [0.15, 0.2) is 18.2 Å². The van der Waals surface area contributed by atoms with Crippen molar-refractivity contribution in [2.24, 2.45) is 5.41 Å². The van der Waals surface area contributed by atoms with E-state index in [0.29, 0.717) is 0 Å². The Balaban J connectivity index is 3.08. The molecule has 0 aliphatic carbocycles. The molecule has 0 spiro atoms. The first kappa shape index (κ1) is 18.5. The lowest BCUT2D eigenvalue weighted by atomic mass is 9.82. The fourth-order valence-corrected chi connectivity index (χ4v) is 2.52. The Morgan fingerprint density at radius 3 is 2.32 bits per heavy atom. The number of benzene rings is 1. The molecule has 5 nitrogen and oxygen atoms in total. The maximum atomic E-state index is 14.0. The first-order valence-corrected chi connectivity index (χ1v) is 8.27. The summed E-state index contributed by atoms with van der Waals surface area (Å²) in [5.74, 6) is -3.05. The zero-order chi connectivity index (χ0) is 17.1. The van der Waals surface area contributed by atoms with Gasteiger partial charge in [0.05, 0.1) is 6.04 Å². The van der Waals surface area contributed by atoms with Crippen LogP contribution >= 0.6 is 0 Å². The number of nitrogens with one attached hydrogen (secondary N) is 2. The van der Waals surface area contributed by atoms with E-state index in [0.717, 1.165) is 12.1 Å². The zero-order valence-corrected chi connectivity index (χ0v) is 13.7. The summed E-state index contributed by atoms with van der Waals surface area (Å²) in [5, 5.41) is 2.50. The summed E-state index contributed by atoms with van der Waals surface area (Å²) in [5.41, 5.74) is -0.498. The van der Waals surface area contributed by atoms with Gasteiger partial charge in [0, 0.05) is 11.6 Å². The Bertz CT molecular complexity index is 655. The van der Waals surface area contributed by atoms with Gasteiger partial charge in [0.15, 0.2) is 0 Å². The molecule has 8 heteroatoms.